The van der Waals surface area contributed by atoms with Crippen molar-refractivity contribution in [3.05, 3.63) is 51.3 Å². The minimum atomic E-state index is -0.307. The molecule has 2 aromatic rings. The number of ether oxygens (including phenoxy) is 2. The van der Waals surface area contributed by atoms with Crippen LogP contribution < -0.4 is 16.0 Å². The highest BCUT2D eigenvalue weighted by Gasteiger charge is 2.32. The fourth-order valence-electron chi connectivity index (χ4n) is 5.39. The molecule has 1 saturated heterocycles. The second kappa shape index (κ2) is 10.7. The molecule has 1 aliphatic carbocycles. The fourth-order valence-corrected chi connectivity index (χ4v) is 5.39. The van der Waals surface area contributed by atoms with Gasteiger partial charge in [0.05, 0.1) is 24.6 Å². The number of hydrogen-bond acceptors (Lipinski definition) is 6. The number of methoxy groups -OCH3 is 2. The van der Waals surface area contributed by atoms with E-state index >= 15 is 0 Å². The Kier molecular flexibility index (Phi) is 7.64. The van der Waals surface area contributed by atoms with Gasteiger partial charge in [-0.2, -0.15) is 0 Å². The standard InChI is InChI=1S/C26H36N4O5/c1-18(17-34-3)28-11-13-29(14-12-28)24(31)20-7-5-19(6-8-20)16-30-25(32)22-15-21(35-4)9-10-23(22)27(2)26(30)33/h9-10,15,19-20H,1,5-8,11-14,16-17H2,2-4H3/t19-,20-. The molecule has 0 unspecified atom stereocenters. The van der Waals surface area contributed by atoms with E-state index in [1.54, 1.807) is 39.5 Å². The van der Waals surface area contributed by atoms with Crippen LogP contribution in [0.4, 0.5) is 0 Å². The quantitative estimate of drug-likeness (QED) is 0.596. The molecule has 0 bridgehead atoms. The number of rotatable bonds is 7. The van der Waals surface area contributed by atoms with E-state index in [2.05, 4.69) is 11.5 Å². The van der Waals surface area contributed by atoms with Gasteiger partial charge in [0, 0.05) is 58.5 Å². The maximum Gasteiger partial charge on any atom is 0.331 e. The number of aromatic nitrogens is 2. The van der Waals surface area contributed by atoms with Crippen LogP contribution in [0.5, 0.6) is 5.75 Å². The Labute approximate surface area is 205 Å². The summed E-state index contributed by atoms with van der Waals surface area (Å²) in [6, 6.07) is 5.18. The van der Waals surface area contributed by atoms with E-state index in [1.165, 1.54) is 9.13 Å². The Balaban J connectivity index is 1.37. The van der Waals surface area contributed by atoms with Gasteiger partial charge in [-0.05, 0) is 49.8 Å². The third-order valence-corrected chi connectivity index (χ3v) is 7.54. The molecule has 1 amide bonds. The molecule has 2 heterocycles. The molecule has 1 aromatic carbocycles. The topological polar surface area (TPSA) is 86.0 Å². The van der Waals surface area contributed by atoms with Gasteiger partial charge in [0.2, 0.25) is 5.91 Å². The molecule has 0 atom stereocenters. The number of carbonyl (C=O) groups excluding carboxylic acids is 1. The van der Waals surface area contributed by atoms with Crippen LogP contribution in [0.25, 0.3) is 10.9 Å². The average molecular weight is 485 g/mol. The summed E-state index contributed by atoms with van der Waals surface area (Å²) < 4.78 is 13.3. The molecule has 0 radical (unpaired) electrons. The molecule has 9 heteroatoms. The van der Waals surface area contributed by atoms with Crippen molar-refractivity contribution in [2.75, 3.05) is 47.0 Å². The normalized spacial score (nSPS) is 20.8. The minimum absolute atomic E-state index is 0.0143. The zero-order valence-corrected chi connectivity index (χ0v) is 21.0. The lowest BCUT2D eigenvalue weighted by Crippen LogP contribution is -2.50. The Hall–Kier alpha value is -3.07. The van der Waals surface area contributed by atoms with Gasteiger partial charge in [-0.3, -0.25) is 18.7 Å². The predicted octanol–water partition coefficient (Wildman–Crippen LogP) is 1.82. The molecular formula is C26H36N4O5. The highest BCUT2D eigenvalue weighted by Crippen LogP contribution is 2.31. The van der Waals surface area contributed by atoms with Crippen LogP contribution in [0.1, 0.15) is 25.7 Å². The van der Waals surface area contributed by atoms with Gasteiger partial charge in [-0.15, -0.1) is 0 Å². The van der Waals surface area contributed by atoms with Crippen molar-refractivity contribution in [1.82, 2.24) is 18.9 Å². The van der Waals surface area contributed by atoms with Gasteiger partial charge in [-0.1, -0.05) is 6.58 Å². The first-order valence-electron chi connectivity index (χ1n) is 12.3. The zero-order chi connectivity index (χ0) is 25.1. The number of hydrogen-bond donors (Lipinski definition) is 0. The largest absolute Gasteiger partial charge is 0.497 e. The molecule has 0 N–H and O–H groups in total. The minimum Gasteiger partial charge on any atom is -0.497 e. The molecule has 4 rings (SSSR count). The third kappa shape index (κ3) is 5.15. The van der Waals surface area contributed by atoms with Gasteiger partial charge in [-0.25, -0.2) is 4.79 Å². The van der Waals surface area contributed by atoms with Crippen molar-refractivity contribution in [3.63, 3.8) is 0 Å². The Morgan fingerprint density at radius 3 is 2.31 bits per heavy atom. The molecule has 9 nitrogen and oxygen atoms in total. The van der Waals surface area contributed by atoms with Crippen LogP contribution in [-0.2, 0) is 23.1 Å². The van der Waals surface area contributed by atoms with Crippen LogP contribution in [0.2, 0.25) is 0 Å². The number of piperazine rings is 1. The molecule has 0 spiro atoms. The second-order valence-corrected chi connectivity index (χ2v) is 9.67. The van der Waals surface area contributed by atoms with Gasteiger partial charge in [0.15, 0.2) is 0 Å². The van der Waals surface area contributed by atoms with E-state index in [0.29, 0.717) is 42.9 Å². The summed E-state index contributed by atoms with van der Waals surface area (Å²) in [6.07, 6.45) is 3.23. The summed E-state index contributed by atoms with van der Waals surface area (Å²) in [5, 5.41) is 0.475. The predicted molar refractivity (Wildman–Crippen MR) is 135 cm³/mol. The lowest BCUT2D eigenvalue weighted by Gasteiger charge is -2.39. The van der Waals surface area contributed by atoms with E-state index in [-0.39, 0.29) is 29.0 Å². The number of nitrogens with zero attached hydrogens (tertiary/aromatic N) is 4. The van der Waals surface area contributed by atoms with Crippen LogP contribution in [-0.4, -0.2) is 71.8 Å². The lowest BCUT2D eigenvalue weighted by atomic mass is 9.81. The second-order valence-electron chi connectivity index (χ2n) is 9.67. The Morgan fingerprint density at radius 2 is 1.69 bits per heavy atom. The van der Waals surface area contributed by atoms with Gasteiger partial charge >= 0.3 is 5.69 Å². The Bertz CT molecular complexity index is 1200. The molecule has 190 valence electrons. The van der Waals surface area contributed by atoms with E-state index in [4.69, 9.17) is 9.47 Å². The first kappa shape index (κ1) is 25.0. The van der Waals surface area contributed by atoms with Gasteiger partial charge in [0.25, 0.3) is 5.56 Å². The highest BCUT2D eigenvalue weighted by molar-refractivity contribution is 5.80. The zero-order valence-electron chi connectivity index (χ0n) is 21.0. The fraction of sp³-hybridized carbons (Fsp3) is 0.577. The first-order chi connectivity index (χ1) is 16.8. The molecule has 2 fully saturated rings. The summed E-state index contributed by atoms with van der Waals surface area (Å²) >= 11 is 0. The Morgan fingerprint density at radius 1 is 1.03 bits per heavy atom. The number of amides is 1. The van der Waals surface area contributed by atoms with Gasteiger partial charge in [0.1, 0.15) is 5.75 Å². The number of fused-ring (bicyclic) bond motifs is 1. The van der Waals surface area contributed by atoms with Crippen LogP contribution in [0, 0.1) is 11.8 Å². The first-order valence-corrected chi connectivity index (χ1v) is 12.3. The molecule has 2 aliphatic rings. The van der Waals surface area contributed by atoms with Crippen molar-refractivity contribution in [2.24, 2.45) is 18.9 Å². The molecular weight excluding hydrogens is 448 g/mol. The summed E-state index contributed by atoms with van der Waals surface area (Å²) in [5.74, 6) is 1.02. The molecule has 1 aromatic heterocycles. The van der Waals surface area contributed by atoms with Crippen LogP contribution in [0.3, 0.4) is 0 Å². The summed E-state index contributed by atoms with van der Waals surface area (Å²) in [6.45, 7) is 7.90. The van der Waals surface area contributed by atoms with Crippen molar-refractivity contribution in [2.45, 2.75) is 32.2 Å². The molecule has 1 aliphatic heterocycles. The van der Waals surface area contributed by atoms with Gasteiger partial charge < -0.3 is 19.3 Å². The van der Waals surface area contributed by atoms with Crippen molar-refractivity contribution in [3.8, 4) is 5.75 Å². The van der Waals surface area contributed by atoms with E-state index < -0.39 is 0 Å². The van der Waals surface area contributed by atoms with Crippen LogP contribution >= 0.6 is 0 Å². The average Bonchev–Trinajstić information content (AvgIpc) is 2.89. The smallest absolute Gasteiger partial charge is 0.331 e. The van der Waals surface area contributed by atoms with Crippen LogP contribution in [0.15, 0.2) is 40.1 Å². The van der Waals surface area contributed by atoms with Crippen molar-refractivity contribution in [1.29, 1.82) is 0 Å². The maximum absolute atomic E-state index is 13.2. The SMILES string of the molecule is C=C(COC)N1CCN(C(=O)[C@H]2CC[C@H](Cn3c(=O)c4cc(OC)ccc4n(C)c3=O)CC2)CC1. The maximum atomic E-state index is 13.2. The number of carbonyl (C=O) groups is 1. The lowest BCUT2D eigenvalue weighted by molar-refractivity contribution is -0.138. The van der Waals surface area contributed by atoms with E-state index in [0.717, 1.165) is 44.5 Å². The third-order valence-electron chi connectivity index (χ3n) is 7.54. The van der Waals surface area contributed by atoms with E-state index in [1.807, 2.05) is 4.90 Å². The van der Waals surface area contributed by atoms with Crippen molar-refractivity contribution >= 4 is 16.8 Å². The molecule has 1 saturated carbocycles. The number of benzene rings is 1. The monoisotopic (exact) mass is 484 g/mol. The summed E-state index contributed by atoms with van der Waals surface area (Å²) in [5.41, 5.74) is 0.956. The number of aryl methyl sites for hydroxylation is 1. The highest BCUT2D eigenvalue weighted by atomic mass is 16.5. The van der Waals surface area contributed by atoms with E-state index in [9.17, 15) is 14.4 Å². The summed E-state index contributed by atoms with van der Waals surface area (Å²) in [7, 11) is 4.90. The summed E-state index contributed by atoms with van der Waals surface area (Å²) in [4.78, 5) is 43.4. The molecule has 35 heavy (non-hydrogen) atoms. The van der Waals surface area contributed by atoms with Crippen molar-refractivity contribution < 1.29 is 14.3 Å².